The zero-order valence-electron chi connectivity index (χ0n) is 17.0. The summed E-state index contributed by atoms with van der Waals surface area (Å²) in [5, 5.41) is 3.02. The number of amides is 1. The van der Waals surface area contributed by atoms with Crippen LogP contribution in [0.15, 0.2) is 89.9 Å². The lowest BCUT2D eigenvalue weighted by molar-refractivity contribution is -0.122. The smallest absolute Gasteiger partial charge is 0.238 e. The van der Waals surface area contributed by atoms with E-state index in [0.717, 1.165) is 29.1 Å². The fourth-order valence-electron chi connectivity index (χ4n) is 3.68. The lowest BCUT2D eigenvalue weighted by Gasteiger charge is -2.28. The third kappa shape index (κ3) is 4.42. The van der Waals surface area contributed by atoms with Gasteiger partial charge in [-0.05, 0) is 18.6 Å². The lowest BCUT2D eigenvalue weighted by Crippen LogP contribution is -2.47. The molecule has 0 aromatic heterocycles. The van der Waals surface area contributed by atoms with Crippen molar-refractivity contribution < 1.29 is 4.79 Å². The number of rotatable bonds is 5. The first-order valence-electron chi connectivity index (χ1n) is 10.2. The Bertz CT molecular complexity index is 1030. The minimum Gasteiger partial charge on any atom is -0.363 e. The summed E-state index contributed by atoms with van der Waals surface area (Å²) >= 11 is 0. The highest BCUT2D eigenvalue weighted by atomic mass is 16.2. The van der Waals surface area contributed by atoms with Gasteiger partial charge >= 0.3 is 0 Å². The highest BCUT2D eigenvalue weighted by molar-refractivity contribution is 6.16. The SMILES string of the molecule is C[C@H](N)C(=O)NC1CN(Cc2ccccc2)c2ccccc2C(c2ccccc2)=N1. The van der Waals surface area contributed by atoms with Gasteiger partial charge in [0, 0.05) is 23.4 Å². The van der Waals surface area contributed by atoms with Gasteiger partial charge < -0.3 is 16.0 Å². The molecule has 0 aliphatic carbocycles. The number of aliphatic imine (C=N–C) groups is 1. The van der Waals surface area contributed by atoms with Crippen molar-refractivity contribution in [3.63, 3.8) is 0 Å². The number of nitrogens with two attached hydrogens (primary N) is 1. The minimum atomic E-state index is -0.589. The number of nitrogens with zero attached hydrogens (tertiary/aromatic N) is 2. The number of hydrogen-bond donors (Lipinski definition) is 2. The zero-order chi connectivity index (χ0) is 20.9. The zero-order valence-corrected chi connectivity index (χ0v) is 17.0. The molecule has 3 N–H and O–H groups in total. The fraction of sp³-hybridized carbons (Fsp3) is 0.200. The van der Waals surface area contributed by atoms with Crippen LogP contribution in [-0.4, -0.2) is 30.4 Å². The maximum atomic E-state index is 12.4. The minimum absolute atomic E-state index is 0.207. The van der Waals surface area contributed by atoms with Crippen molar-refractivity contribution in [1.82, 2.24) is 5.32 Å². The molecule has 152 valence electrons. The maximum absolute atomic E-state index is 12.4. The van der Waals surface area contributed by atoms with Crippen LogP contribution in [0, 0.1) is 0 Å². The molecule has 0 saturated heterocycles. The number of benzene rings is 3. The Morgan fingerprint density at radius 1 is 1.03 bits per heavy atom. The Morgan fingerprint density at radius 2 is 1.67 bits per heavy atom. The molecule has 0 spiro atoms. The molecule has 2 atom stereocenters. The number of fused-ring (bicyclic) bond motifs is 1. The maximum Gasteiger partial charge on any atom is 0.238 e. The molecule has 0 radical (unpaired) electrons. The van der Waals surface area contributed by atoms with Gasteiger partial charge in [-0.15, -0.1) is 0 Å². The Morgan fingerprint density at radius 3 is 2.37 bits per heavy atom. The van der Waals surface area contributed by atoms with Gasteiger partial charge in [-0.2, -0.15) is 0 Å². The van der Waals surface area contributed by atoms with Crippen LogP contribution in [0.4, 0.5) is 5.69 Å². The molecule has 1 unspecified atom stereocenters. The Balaban J connectivity index is 1.78. The van der Waals surface area contributed by atoms with Crippen molar-refractivity contribution >= 4 is 17.3 Å². The molecule has 1 heterocycles. The molecule has 4 rings (SSSR count). The number of hydrogen-bond acceptors (Lipinski definition) is 4. The Kier molecular flexibility index (Phi) is 5.91. The fourth-order valence-corrected chi connectivity index (χ4v) is 3.68. The summed E-state index contributed by atoms with van der Waals surface area (Å²) in [6.45, 7) is 2.96. The van der Waals surface area contributed by atoms with Crippen molar-refractivity contribution in [1.29, 1.82) is 0 Å². The van der Waals surface area contributed by atoms with Gasteiger partial charge in [0.05, 0.1) is 18.3 Å². The van der Waals surface area contributed by atoms with Crippen molar-refractivity contribution in [3.05, 3.63) is 102 Å². The van der Waals surface area contributed by atoms with Gasteiger partial charge in [0.2, 0.25) is 5.91 Å². The number of benzodiazepines with no additional fused rings is 1. The summed E-state index contributed by atoms with van der Waals surface area (Å²) in [7, 11) is 0. The van der Waals surface area contributed by atoms with Crippen LogP contribution in [0.2, 0.25) is 0 Å². The van der Waals surface area contributed by atoms with E-state index in [1.165, 1.54) is 5.56 Å². The van der Waals surface area contributed by atoms with Crippen molar-refractivity contribution in [2.24, 2.45) is 10.7 Å². The summed E-state index contributed by atoms with van der Waals surface area (Å²) < 4.78 is 0. The second-order valence-electron chi connectivity index (χ2n) is 7.54. The third-order valence-electron chi connectivity index (χ3n) is 5.16. The van der Waals surface area contributed by atoms with Crippen LogP contribution in [-0.2, 0) is 11.3 Å². The summed E-state index contributed by atoms with van der Waals surface area (Å²) in [5.41, 5.74) is 11.1. The average Bonchev–Trinajstić information content (AvgIpc) is 2.92. The van der Waals surface area contributed by atoms with Crippen LogP contribution in [0.25, 0.3) is 0 Å². The van der Waals surface area contributed by atoms with E-state index in [1.807, 2.05) is 60.7 Å². The van der Waals surface area contributed by atoms with E-state index in [0.29, 0.717) is 6.54 Å². The van der Waals surface area contributed by atoms with E-state index in [9.17, 15) is 4.79 Å². The lowest BCUT2D eigenvalue weighted by atomic mass is 10.00. The molecule has 3 aromatic rings. The highest BCUT2D eigenvalue weighted by Gasteiger charge is 2.26. The normalized spacial score (nSPS) is 16.8. The Labute approximate surface area is 177 Å². The predicted molar refractivity (Wildman–Crippen MR) is 122 cm³/mol. The van der Waals surface area contributed by atoms with Crippen LogP contribution < -0.4 is 16.0 Å². The molecule has 1 aliphatic rings. The number of para-hydroxylation sites is 1. The second kappa shape index (κ2) is 8.93. The standard InChI is InChI=1S/C25H26N4O/c1-18(26)25(30)28-23-17-29(16-19-10-4-2-5-11-19)22-15-9-8-14-21(22)24(27-23)20-12-6-3-7-13-20/h2-15,18,23H,16-17,26H2,1H3,(H,28,30)/t18-,23?/m0/s1. The number of carbonyl (C=O) groups is 1. The summed E-state index contributed by atoms with van der Waals surface area (Å²) in [4.78, 5) is 19.6. The largest absolute Gasteiger partial charge is 0.363 e. The van der Waals surface area contributed by atoms with E-state index in [-0.39, 0.29) is 5.91 Å². The van der Waals surface area contributed by atoms with E-state index >= 15 is 0 Å². The van der Waals surface area contributed by atoms with Gasteiger partial charge in [-0.1, -0.05) is 78.9 Å². The first-order chi connectivity index (χ1) is 14.6. The summed E-state index contributed by atoms with van der Waals surface area (Å²) in [6.07, 6.45) is -0.408. The van der Waals surface area contributed by atoms with Crippen LogP contribution >= 0.6 is 0 Å². The van der Waals surface area contributed by atoms with Gasteiger partial charge in [0.1, 0.15) is 6.17 Å². The number of carbonyl (C=O) groups excluding carboxylic acids is 1. The van der Waals surface area contributed by atoms with Gasteiger partial charge in [0.25, 0.3) is 0 Å². The quantitative estimate of drug-likeness (QED) is 0.693. The van der Waals surface area contributed by atoms with Crippen LogP contribution in [0.1, 0.15) is 23.6 Å². The number of anilines is 1. The van der Waals surface area contributed by atoms with Crippen molar-refractivity contribution in [3.8, 4) is 0 Å². The van der Waals surface area contributed by atoms with E-state index in [2.05, 4.69) is 34.5 Å². The molecule has 0 bridgehead atoms. The molecular weight excluding hydrogens is 372 g/mol. The van der Waals surface area contributed by atoms with E-state index in [4.69, 9.17) is 10.7 Å². The number of nitrogens with one attached hydrogen (secondary N) is 1. The molecule has 1 amide bonds. The third-order valence-corrected chi connectivity index (χ3v) is 5.16. The molecule has 0 fully saturated rings. The topological polar surface area (TPSA) is 70.7 Å². The first kappa shape index (κ1) is 19.9. The summed E-state index contributed by atoms with van der Waals surface area (Å²) in [5.74, 6) is -0.207. The van der Waals surface area contributed by atoms with Crippen molar-refractivity contribution in [2.45, 2.75) is 25.7 Å². The average molecular weight is 399 g/mol. The van der Waals surface area contributed by atoms with Crippen LogP contribution in [0.3, 0.4) is 0 Å². The molecular formula is C25H26N4O. The second-order valence-corrected chi connectivity index (χ2v) is 7.54. The van der Waals surface area contributed by atoms with Crippen molar-refractivity contribution in [2.75, 3.05) is 11.4 Å². The molecule has 5 nitrogen and oxygen atoms in total. The van der Waals surface area contributed by atoms with E-state index in [1.54, 1.807) is 6.92 Å². The van der Waals surface area contributed by atoms with Gasteiger partial charge in [0.15, 0.2) is 0 Å². The molecule has 3 aromatic carbocycles. The Hall–Kier alpha value is -3.44. The molecule has 0 saturated carbocycles. The highest BCUT2D eigenvalue weighted by Crippen LogP contribution is 2.28. The van der Waals surface area contributed by atoms with E-state index < -0.39 is 12.2 Å². The molecule has 1 aliphatic heterocycles. The summed E-state index contributed by atoms with van der Waals surface area (Å²) in [6, 6.07) is 28.1. The monoisotopic (exact) mass is 398 g/mol. The molecule has 5 heteroatoms. The van der Waals surface area contributed by atoms with Crippen LogP contribution in [0.5, 0.6) is 0 Å². The predicted octanol–water partition coefficient (Wildman–Crippen LogP) is 3.33. The van der Waals surface area contributed by atoms with Gasteiger partial charge in [-0.3, -0.25) is 9.79 Å². The molecule has 30 heavy (non-hydrogen) atoms. The first-order valence-corrected chi connectivity index (χ1v) is 10.2. The van der Waals surface area contributed by atoms with Gasteiger partial charge in [-0.25, -0.2) is 0 Å².